The number of aryl methyl sites for hydroxylation is 1. The maximum Gasteiger partial charge on any atom is 0.177 e. The quantitative estimate of drug-likeness (QED) is 0.516. The first-order valence-electron chi connectivity index (χ1n) is 2.93. The lowest BCUT2D eigenvalue weighted by molar-refractivity contribution is 0.870. The summed E-state index contributed by atoms with van der Waals surface area (Å²) in [5, 5.41) is 11.6. The van der Waals surface area contributed by atoms with E-state index in [1.807, 2.05) is 13.0 Å². The number of nitrogens with zero attached hydrogens (tertiary/aromatic N) is 4. The third kappa shape index (κ3) is 0.586. The molecule has 0 aromatic carbocycles. The predicted octanol–water partition coefficient (Wildman–Crippen LogP) is 0.233. The van der Waals surface area contributed by atoms with Crippen LogP contribution in [0.2, 0.25) is 0 Å². The van der Waals surface area contributed by atoms with Crippen LogP contribution in [0.5, 0.6) is 0 Å². The second-order valence-corrected chi connectivity index (χ2v) is 1.98. The van der Waals surface area contributed by atoms with Crippen molar-refractivity contribution in [3.63, 3.8) is 0 Å². The predicted molar refractivity (Wildman–Crippen MR) is 34.4 cm³/mol. The summed E-state index contributed by atoms with van der Waals surface area (Å²) in [6.07, 6.45) is 2.70. The van der Waals surface area contributed by atoms with E-state index in [4.69, 9.17) is 0 Å². The first-order valence-corrected chi connectivity index (χ1v) is 2.93. The Hall–Kier alpha value is -1.45. The van der Waals surface area contributed by atoms with E-state index in [0.29, 0.717) is 0 Å². The van der Waals surface area contributed by atoms with Gasteiger partial charge in [0, 0.05) is 0 Å². The molecule has 2 aromatic rings. The summed E-state index contributed by atoms with van der Waals surface area (Å²) in [6, 6.07) is 3.52. The summed E-state index contributed by atoms with van der Waals surface area (Å²) < 4.78 is 1.64. The molecule has 0 N–H and O–H groups in total. The van der Waals surface area contributed by atoms with Crippen LogP contribution in [0.1, 0.15) is 5.82 Å². The number of aromatic nitrogens is 4. The third-order valence-corrected chi connectivity index (χ3v) is 1.29. The van der Waals surface area contributed by atoms with E-state index in [0.717, 1.165) is 11.5 Å². The van der Waals surface area contributed by atoms with Crippen LogP contribution in [0, 0.1) is 13.1 Å². The molecule has 2 aromatic heterocycles. The molecule has 2 rings (SSSR count). The van der Waals surface area contributed by atoms with Gasteiger partial charge in [-0.05, 0) is 19.1 Å². The van der Waals surface area contributed by atoms with Crippen LogP contribution < -0.4 is 0 Å². The van der Waals surface area contributed by atoms with Gasteiger partial charge in [-0.2, -0.15) is 9.61 Å². The van der Waals surface area contributed by atoms with Gasteiger partial charge >= 0.3 is 0 Å². The Morgan fingerprint density at radius 2 is 2.40 bits per heavy atom. The Morgan fingerprint density at radius 1 is 1.50 bits per heavy atom. The van der Waals surface area contributed by atoms with E-state index in [-0.39, 0.29) is 0 Å². The van der Waals surface area contributed by atoms with Crippen molar-refractivity contribution < 1.29 is 0 Å². The Kier molecular flexibility index (Phi) is 0.943. The average molecular weight is 133 g/mol. The van der Waals surface area contributed by atoms with Gasteiger partial charge in [-0.1, -0.05) is 0 Å². The number of hydrogen-bond donors (Lipinski definition) is 0. The SMILES string of the molecule is Cc1nnc2cc[c]nn12. The molecule has 0 aliphatic carbocycles. The van der Waals surface area contributed by atoms with Gasteiger partial charge in [-0.3, -0.25) is 0 Å². The van der Waals surface area contributed by atoms with Gasteiger partial charge in [-0.15, -0.1) is 10.2 Å². The summed E-state index contributed by atoms with van der Waals surface area (Å²) in [4.78, 5) is 0. The normalized spacial score (nSPS) is 10.5. The van der Waals surface area contributed by atoms with Gasteiger partial charge in [0.05, 0.1) is 0 Å². The molecule has 0 fully saturated rings. The van der Waals surface area contributed by atoms with Crippen molar-refractivity contribution in [1.29, 1.82) is 0 Å². The molecule has 0 unspecified atom stereocenters. The first kappa shape index (κ1) is 5.34. The zero-order valence-corrected chi connectivity index (χ0v) is 5.44. The summed E-state index contributed by atoms with van der Waals surface area (Å²) in [5.41, 5.74) is 0.760. The fourth-order valence-corrected chi connectivity index (χ4v) is 0.804. The van der Waals surface area contributed by atoms with Crippen LogP contribution in [-0.2, 0) is 0 Å². The molecule has 4 nitrogen and oxygen atoms in total. The van der Waals surface area contributed by atoms with Gasteiger partial charge in [0.2, 0.25) is 0 Å². The maximum absolute atomic E-state index is 3.91. The van der Waals surface area contributed by atoms with Gasteiger partial charge in [0.25, 0.3) is 0 Å². The van der Waals surface area contributed by atoms with Crippen LogP contribution in [0.3, 0.4) is 0 Å². The Labute approximate surface area is 57.5 Å². The fraction of sp³-hybridized carbons (Fsp3) is 0.167. The maximum atomic E-state index is 3.91. The van der Waals surface area contributed by atoms with Crippen molar-refractivity contribution in [3.05, 3.63) is 24.2 Å². The molecule has 0 spiro atoms. The molecule has 0 aliphatic rings. The van der Waals surface area contributed by atoms with Crippen LogP contribution in [0.15, 0.2) is 12.1 Å². The van der Waals surface area contributed by atoms with Crippen molar-refractivity contribution in [2.24, 2.45) is 0 Å². The molecule has 0 saturated heterocycles. The highest BCUT2D eigenvalue weighted by Crippen LogP contribution is 1.96. The van der Waals surface area contributed by atoms with E-state index >= 15 is 0 Å². The second-order valence-electron chi connectivity index (χ2n) is 1.98. The molecular formula is C6H5N4. The summed E-state index contributed by atoms with van der Waals surface area (Å²) in [7, 11) is 0. The van der Waals surface area contributed by atoms with Crippen LogP contribution >= 0.6 is 0 Å². The Morgan fingerprint density at radius 3 is 3.20 bits per heavy atom. The summed E-state index contributed by atoms with van der Waals surface area (Å²) in [6.45, 7) is 1.85. The van der Waals surface area contributed by atoms with Crippen molar-refractivity contribution >= 4 is 5.65 Å². The van der Waals surface area contributed by atoms with Crippen molar-refractivity contribution in [2.45, 2.75) is 6.92 Å². The van der Waals surface area contributed by atoms with E-state index in [2.05, 4.69) is 21.5 Å². The summed E-state index contributed by atoms with van der Waals surface area (Å²) in [5.74, 6) is 0.784. The largest absolute Gasteiger partial charge is 0.197 e. The average Bonchev–Trinajstić information content (AvgIpc) is 2.34. The van der Waals surface area contributed by atoms with Gasteiger partial charge in [0.15, 0.2) is 11.5 Å². The third-order valence-electron chi connectivity index (χ3n) is 1.29. The molecule has 2 heterocycles. The van der Waals surface area contributed by atoms with Crippen LogP contribution in [0.25, 0.3) is 5.65 Å². The number of fused-ring (bicyclic) bond motifs is 1. The number of hydrogen-bond acceptors (Lipinski definition) is 3. The van der Waals surface area contributed by atoms with E-state index in [1.54, 1.807) is 10.6 Å². The molecule has 0 amide bonds. The zero-order chi connectivity index (χ0) is 6.97. The second kappa shape index (κ2) is 1.76. The standard InChI is InChI=1S/C6H5N4/c1-5-8-9-6-3-2-4-7-10(5)6/h2-3H,1H3. The monoisotopic (exact) mass is 133 g/mol. The molecule has 1 radical (unpaired) electrons. The molecular weight excluding hydrogens is 128 g/mol. The smallest absolute Gasteiger partial charge is 0.177 e. The van der Waals surface area contributed by atoms with Crippen LogP contribution in [0.4, 0.5) is 0 Å². The minimum Gasteiger partial charge on any atom is -0.197 e. The Bertz CT molecular complexity index is 351. The van der Waals surface area contributed by atoms with Crippen molar-refractivity contribution in [3.8, 4) is 0 Å². The van der Waals surface area contributed by atoms with Gasteiger partial charge in [-0.25, -0.2) is 0 Å². The molecule has 10 heavy (non-hydrogen) atoms. The molecule has 49 valence electrons. The van der Waals surface area contributed by atoms with Gasteiger partial charge in [0.1, 0.15) is 6.20 Å². The summed E-state index contributed by atoms with van der Waals surface area (Å²) >= 11 is 0. The lowest BCUT2D eigenvalue weighted by Gasteiger charge is -1.87. The molecule has 0 bridgehead atoms. The first-order chi connectivity index (χ1) is 4.88. The minimum absolute atomic E-state index is 0.760. The highest BCUT2D eigenvalue weighted by molar-refractivity contribution is 5.33. The van der Waals surface area contributed by atoms with E-state index in [1.165, 1.54) is 0 Å². The lowest BCUT2D eigenvalue weighted by atomic mass is 10.5. The minimum atomic E-state index is 0.760. The Balaban J connectivity index is 2.93. The lowest BCUT2D eigenvalue weighted by Crippen LogP contribution is -1.91. The molecule has 0 saturated carbocycles. The number of rotatable bonds is 0. The zero-order valence-electron chi connectivity index (χ0n) is 5.44. The fourth-order valence-electron chi connectivity index (χ4n) is 0.804. The molecule has 0 aliphatic heterocycles. The van der Waals surface area contributed by atoms with E-state index in [9.17, 15) is 0 Å². The van der Waals surface area contributed by atoms with Crippen molar-refractivity contribution in [1.82, 2.24) is 19.8 Å². The highest BCUT2D eigenvalue weighted by Gasteiger charge is 1.97. The highest BCUT2D eigenvalue weighted by atomic mass is 15.4. The van der Waals surface area contributed by atoms with Crippen LogP contribution in [-0.4, -0.2) is 19.8 Å². The van der Waals surface area contributed by atoms with E-state index < -0.39 is 0 Å². The van der Waals surface area contributed by atoms with Gasteiger partial charge < -0.3 is 0 Å². The topological polar surface area (TPSA) is 43.1 Å². The van der Waals surface area contributed by atoms with Crippen molar-refractivity contribution in [2.75, 3.05) is 0 Å². The molecule has 4 heteroatoms. The molecule has 0 atom stereocenters.